The molecule has 0 aliphatic carbocycles. The molecule has 3 heterocycles. The number of amidine groups is 1. The Kier molecular flexibility index (Phi) is 4.48. The van der Waals surface area contributed by atoms with Gasteiger partial charge in [-0.05, 0) is 13.1 Å². The van der Waals surface area contributed by atoms with Crippen LogP contribution in [0.3, 0.4) is 0 Å². The highest BCUT2D eigenvalue weighted by atomic mass is 16.2. The molecule has 3 aliphatic rings. The van der Waals surface area contributed by atoms with Crippen molar-refractivity contribution in [2.75, 3.05) is 44.7 Å². The number of benzene rings is 2. The average molecular weight is 385 g/mol. The Hall–Kier alpha value is -3.25. The summed E-state index contributed by atoms with van der Waals surface area (Å²) in [5.41, 5.74) is 4.24. The lowest BCUT2D eigenvalue weighted by Gasteiger charge is -2.31. The highest BCUT2D eigenvalue weighted by Crippen LogP contribution is 2.31. The lowest BCUT2D eigenvalue weighted by atomic mass is 10.0. The molecule has 0 bridgehead atoms. The SMILES string of the molecule is CN1CCN(/C=C2\N=C3CN=C(c4ccccc4)c4ccccc4N3C2=O)CC1. The number of nitrogens with zero attached hydrogens (tertiary/aromatic N) is 5. The molecule has 146 valence electrons. The predicted molar refractivity (Wildman–Crippen MR) is 115 cm³/mol. The second-order valence-electron chi connectivity index (χ2n) is 7.57. The summed E-state index contributed by atoms with van der Waals surface area (Å²) >= 11 is 0. The summed E-state index contributed by atoms with van der Waals surface area (Å²) in [5.74, 6) is 0.615. The van der Waals surface area contributed by atoms with Crippen molar-refractivity contribution >= 4 is 23.1 Å². The van der Waals surface area contributed by atoms with Crippen LogP contribution in [0.4, 0.5) is 5.69 Å². The van der Waals surface area contributed by atoms with Crippen LogP contribution < -0.4 is 4.90 Å². The van der Waals surface area contributed by atoms with Crippen LogP contribution >= 0.6 is 0 Å². The fourth-order valence-corrected chi connectivity index (χ4v) is 3.98. The zero-order chi connectivity index (χ0) is 19.8. The van der Waals surface area contributed by atoms with Gasteiger partial charge in [0.15, 0.2) is 0 Å². The predicted octanol–water partition coefficient (Wildman–Crippen LogP) is 2.37. The monoisotopic (exact) mass is 385 g/mol. The van der Waals surface area contributed by atoms with Gasteiger partial charge in [-0.1, -0.05) is 48.5 Å². The Labute approximate surface area is 170 Å². The molecule has 2 aromatic carbocycles. The summed E-state index contributed by atoms with van der Waals surface area (Å²) < 4.78 is 0. The van der Waals surface area contributed by atoms with Crippen molar-refractivity contribution in [3.05, 3.63) is 77.6 Å². The molecule has 0 aromatic heterocycles. The Morgan fingerprint density at radius 1 is 0.931 bits per heavy atom. The summed E-state index contributed by atoms with van der Waals surface area (Å²) in [5, 5.41) is 0. The smallest absolute Gasteiger partial charge is 0.284 e. The fourth-order valence-electron chi connectivity index (χ4n) is 3.98. The Bertz CT molecular complexity index is 1030. The van der Waals surface area contributed by atoms with E-state index in [1.54, 1.807) is 4.90 Å². The molecule has 29 heavy (non-hydrogen) atoms. The normalized spacial score (nSPS) is 20.9. The molecule has 3 aliphatic heterocycles. The average Bonchev–Trinajstić information content (AvgIpc) is 2.96. The minimum Gasteiger partial charge on any atom is -0.373 e. The van der Waals surface area contributed by atoms with E-state index in [9.17, 15) is 4.79 Å². The highest BCUT2D eigenvalue weighted by molar-refractivity contribution is 6.32. The second-order valence-corrected chi connectivity index (χ2v) is 7.57. The number of rotatable bonds is 2. The van der Waals surface area contributed by atoms with Crippen LogP contribution in [0.5, 0.6) is 0 Å². The van der Waals surface area contributed by atoms with E-state index < -0.39 is 0 Å². The Morgan fingerprint density at radius 2 is 1.66 bits per heavy atom. The highest BCUT2D eigenvalue weighted by Gasteiger charge is 2.35. The Morgan fingerprint density at radius 3 is 2.45 bits per heavy atom. The van der Waals surface area contributed by atoms with E-state index in [-0.39, 0.29) is 5.91 Å². The number of carbonyl (C=O) groups is 1. The molecule has 0 spiro atoms. The van der Waals surface area contributed by atoms with Gasteiger partial charge in [-0.2, -0.15) is 0 Å². The number of piperazine rings is 1. The summed E-state index contributed by atoms with van der Waals surface area (Å²) in [4.78, 5) is 29.0. The van der Waals surface area contributed by atoms with Crippen molar-refractivity contribution in [2.45, 2.75) is 0 Å². The van der Waals surface area contributed by atoms with E-state index in [1.807, 2.05) is 60.8 Å². The van der Waals surface area contributed by atoms with Gasteiger partial charge in [0.1, 0.15) is 11.5 Å². The van der Waals surface area contributed by atoms with Crippen molar-refractivity contribution in [3.8, 4) is 0 Å². The molecule has 0 N–H and O–H groups in total. The third kappa shape index (κ3) is 3.25. The zero-order valence-corrected chi connectivity index (χ0v) is 16.5. The van der Waals surface area contributed by atoms with Gasteiger partial charge >= 0.3 is 0 Å². The second kappa shape index (κ2) is 7.29. The molecule has 6 heteroatoms. The van der Waals surface area contributed by atoms with Crippen LogP contribution in [0, 0.1) is 0 Å². The summed E-state index contributed by atoms with van der Waals surface area (Å²) in [6.45, 7) is 4.18. The number of hydrogen-bond donors (Lipinski definition) is 0. The minimum atomic E-state index is -0.0733. The number of anilines is 1. The van der Waals surface area contributed by atoms with Gasteiger partial charge in [-0.3, -0.25) is 14.7 Å². The molecule has 0 radical (unpaired) electrons. The molecule has 1 saturated heterocycles. The third-order valence-corrected chi connectivity index (χ3v) is 5.60. The summed E-state index contributed by atoms with van der Waals surface area (Å²) in [6, 6.07) is 18.1. The number of aliphatic imine (C=N–C) groups is 2. The first-order valence-corrected chi connectivity index (χ1v) is 9.96. The number of amides is 1. The van der Waals surface area contributed by atoms with Gasteiger partial charge < -0.3 is 9.80 Å². The lowest BCUT2D eigenvalue weighted by Crippen LogP contribution is -2.42. The molecule has 5 rings (SSSR count). The number of fused-ring (bicyclic) bond motifs is 3. The van der Waals surface area contributed by atoms with Gasteiger partial charge in [-0.15, -0.1) is 0 Å². The minimum absolute atomic E-state index is 0.0733. The fraction of sp³-hybridized carbons (Fsp3) is 0.261. The van der Waals surface area contributed by atoms with Gasteiger partial charge in [0.05, 0.1) is 17.9 Å². The van der Waals surface area contributed by atoms with E-state index >= 15 is 0 Å². The van der Waals surface area contributed by atoms with Crippen molar-refractivity contribution in [1.82, 2.24) is 9.80 Å². The van der Waals surface area contributed by atoms with Crippen LogP contribution in [0.2, 0.25) is 0 Å². The molecule has 1 amide bonds. The topological polar surface area (TPSA) is 51.5 Å². The summed E-state index contributed by atoms with van der Waals surface area (Å²) in [7, 11) is 2.12. The maximum absolute atomic E-state index is 13.3. The molecular weight excluding hydrogens is 362 g/mol. The van der Waals surface area contributed by atoms with Crippen LogP contribution in [-0.4, -0.2) is 67.0 Å². The Balaban J connectivity index is 1.53. The van der Waals surface area contributed by atoms with Crippen molar-refractivity contribution in [1.29, 1.82) is 0 Å². The van der Waals surface area contributed by atoms with E-state index in [1.165, 1.54) is 0 Å². The van der Waals surface area contributed by atoms with Crippen molar-refractivity contribution in [2.24, 2.45) is 9.98 Å². The van der Waals surface area contributed by atoms with Gasteiger partial charge in [0, 0.05) is 43.5 Å². The van der Waals surface area contributed by atoms with Crippen LogP contribution in [0.25, 0.3) is 0 Å². The number of para-hydroxylation sites is 1. The van der Waals surface area contributed by atoms with Gasteiger partial charge in [0.2, 0.25) is 0 Å². The van der Waals surface area contributed by atoms with E-state index in [2.05, 4.69) is 21.8 Å². The number of likely N-dealkylation sites (N-methyl/N-ethyl adjacent to an activating group) is 1. The third-order valence-electron chi connectivity index (χ3n) is 5.60. The maximum Gasteiger partial charge on any atom is 0.284 e. The first kappa shape index (κ1) is 17.8. The van der Waals surface area contributed by atoms with E-state index in [4.69, 9.17) is 4.99 Å². The van der Waals surface area contributed by atoms with Crippen LogP contribution in [0.1, 0.15) is 11.1 Å². The molecule has 6 nitrogen and oxygen atoms in total. The first-order chi connectivity index (χ1) is 14.2. The maximum atomic E-state index is 13.3. The summed E-state index contributed by atoms with van der Waals surface area (Å²) in [6.07, 6.45) is 1.92. The zero-order valence-electron chi connectivity index (χ0n) is 16.5. The van der Waals surface area contributed by atoms with E-state index in [0.717, 1.165) is 48.7 Å². The first-order valence-electron chi connectivity index (χ1n) is 9.96. The van der Waals surface area contributed by atoms with Crippen LogP contribution in [-0.2, 0) is 4.79 Å². The number of hydrogen-bond acceptors (Lipinski definition) is 5. The van der Waals surface area contributed by atoms with Gasteiger partial charge in [0.25, 0.3) is 5.91 Å². The quantitative estimate of drug-likeness (QED) is 0.746. The number of carbonyl (C=O) groups excluding carboxylic acids is 1. The van der Waals surface area contributed by atoms with Crippen molar-refractivity contribution < 1.29 is 4.79 Å². The molecule has 0 saturated carbocycles. The van der Waals surface area contributed by atoms with Crippen LogP contribution in [0.15, 0.2) is 76.5 Å². The van der Waals surface area contributed by atoms with Gasteiger partial charge in [-0.25, -0.2) is 4.99 Å². The molecule has 2 aromatic rings. The molecular formula is C23H23N5O. The molecule has 1 fully saturated rings. The molecule has 0 atom stereocenters. The van der Waals surface area contributed by atoms with Crippen molar-refractivity contribution in [3.63, 3.8) is 0 Å². The largest absolute Gasteiger partial charge is 0.373 e. The standard InChI is InChI=1S/C23H23N5O/c1-26-11-13-27(14-12-26)16-19-23(29)28-20-10-6-5-9-18(20)22(24-15-21(28)25-19)17-7-3-2-4-8-17/h2-10,16H,11-15H2,1H3/b19-16-. The lowest BCUT2D eigenvalue weighted by molar-refractivity contribution is -0.114. The van der Waals surface area contributed by atoms with E-state index in [0.29, 0.717) is 18.1 Å². The molecule has 0 unspecified atom stereocenters.